The van der Waals surface area contributed by atoms with E-state index in [9.17, 15) is 14.4 Å². The van der Waals surface area contributed by atoms with E-state index >= 15 is 0 Å². The summed E-state index contributed by atoms with van der Waals surface area (Å²) in [6.07, 6.45) is -0.568. The lowest BCUT2D eigenvalue weighted by Gasteiger charge is -2.07. The zero-order valence-corrected chi connectivity index (χ0v) is 15.9. The van der Waals surface area contributed by atoms with E-state index in [1.54, 1.807) is 24.3 Å². The summed E-state index contributed by atoms with van der Waals surface area (Å²) < 4.78 is 9.48. The summed E-state index contributed by atoms with van der Waals surface area (Å²) in [4.78, 5) is 36.2. The first-order chi connectivity index (χ1) is 12.5. The Bertz CT molecular complexity index is 774. The molecule has 138 valence electrons. The molecule has 0 saturated heterocycles. The van der Waals surface area contributed by atoms with E-state index in [-0.39, 0.29) is 17.9 Å². The predicted molar refractivity (Wildman–Crippen MR) is 101 cm³/mol. The maximum absolute atomic E-state index is 12.1. The van der Waals surface area contributed by atoms with Gasteiger partial charge in [0.05, 0.1) is 19.8 Å². The van der Waals surface area contributed by atoms with E-state index in [1.165, 1.54) is 24.5 Å². The molecule has 2 rings (SSSR count). The number of carbonyl (C=O) groups excluding carboxylic acids is 3. The molecule has 1 heterocycles. The lowest BCUT2D eigenvalue weighted by molar-refractivity contribution is -0.115. The molecule has 0 spiro atoms. The van der Waals surface area contributed by atoms with Gasteiger partial charge in [-0.15, -0.1) is 23.1 Å². The highest BCUT2D eigenvalue weighted by atomic mass is 32.2. The molecular formula is C17H18N2O5S2. The van der Waals surface area contributed by atoms with Crippen LogP contribution in [-0.2, 0) is 9.53 Å². The number of alkyl carbamates (subject to hydrolysis) is 1. The Kier molecular flexibility index (Phi) is 7.49. The number of imide groups is 1. The largest absolute Gasteiger partial charge is 0.497 e. The van der Waals surface area contributed by atoms with Crippen molar-refractivity contribution in [3.63, 3.8) is 0 Å². The van der Waals surface area contributed by atoms with Crippen molar-refractivity contribution in [2.75, 3.05) is 25.3 Å². The number of methoxy groups -OCH3 is 2. The Labute approximate surface area is 159 Å². The first kappa shape index (κ1) is 19.8. The third-order valence-corrected chi connectivity index (χ3v) is 5.06. The van der Waals surface area contributed by atoms with E-state index < -0.39 is 12.0 Å². The number of nitrogens with one attached hydrogen (secondary N) is 2. The van der Waals surface area contributed by atoms with Crippen molar-refractivity contribution in [2.24, 2.45) is 0 Å². The lowest BCUT2D eigenvalue weighted by atomic mass is 10.3. The van der Waals surface area contributed by atoms with Crippen LogP contribution < -0.4 is 15.4 Å². The van der Waals surface area contributed by atoms with Crippen molar-refractivity contribution in [1.82, 2.24) is 5.32 Å². The number of rotatable bonds is 7. The van der Waals surface area contributed by atoms with Gasteiger partial charge in [-0.2, -0.15) is 0 Å². The fraction of sp³-hybridized carbons (Fsp3) is 0.235. The summed E-state index contributed by atoms with van der Waals surface area (Å²) >= 11 is 2.76. The number of hydrogen-bond donors (Lipinski definition) is 2. The van der Waals surface area contributed by atoms with Crippen molar-refractivity contribution in [1.29, 1.82) is 0 Å². The fourth-order valence-corrected chi connectivity index (χ4v) is 3.57. The molecule has 0 aliphatic rings. The van der Waals surface area contributed by atoms with Gasteiger partial charge in [0.15, 0.2) is 0 Å². The Balaban J connectivity index is 1.83. The second kappa shape index (κ2) is 9.83. The quantitative estimate of drug-likeness (QED) is 0.700. The van der Waals surface area contributed by atoms with Crippen LogP contribution in [0, 0.1) is 0 Å². The predicted octanol–water partition coefficient (Wildman–Crippen LogP) is 3.37. The fourth-order valence-electron chi connectivity index (χ4n) is 1.92. The van der Waals surface area contributed by atoms with Gasteiger partial charge in [0.1, 0.15) is 10.8 Å². The van der Waals surface area contributed by atoms with E-state index in [4.69, 9.17) is 4.74 Å². The van der Waals surface area contributed by atoms with Crippen LogP contribution in [-0.4, -0.2) is 37.9 Å². The summed E-state index contributed by atoms with van der Waals surface area (Å²) in [5, 5.41) is 6.82. The van der Waals surface area contributed by atoms with Crippen LogP contribution in [0.5, 0.6) is 5.75 Å². The van der Waals surface area contributed by atoms with E-state index in [2.05, 4.69) is 15.4 Å². The van der Waals surface area contributed by atoms with Gasteiger partial charge in [0.25, 0.3) is 5.91 Å². The van der Waals surface area contributed by atoms with Crippen LogP contribution in [0.15, 0.2) is 40.6 Å². The minimum Gasteiger partial charge on any atom is -0.497 e. The number of benzene rings is 1. The highest BCUT2D eigenvalue weighted by Crippen LogP contribution is 2.25. The first-order valence-electron chi connectivity index (χ1n) is 7.57. The van der Waals surface area contributed by atoms with Gasteiger partial charge in [0.2, 0.25) is 5.91 Å². The monoisotopic (exact) mass is 394 g/mol. The zero-order valence-electron chi connectivity index (χ0n) is 14.2. The molecule has 2 N–H and O–H groups in total. The summed E-state index contributed by atoms with van der Waals surface area (Å²) in [6, 6.07) is 9.11. The van der Waals surface area contributed by atoms with Crippen LogP contribution in [0.25, 0.3) is 0 Å². The summed E-state index contributed by atoms with van der Waals surface area (Å²) in [5.41, 5.74) is 0.219. The number of hydrogen-bond acceptors (Lipinski definition) is 7. The van der Waals surface area contributed by atoms with Gasteiger partial charge in [-0.05, 0) is 35.7 Å². The minimum atomic E-state index is -0.852. The van der Waals surface area contributed by atoms with Gasteiger partial charge in [-0.25, -0.2) is 4.79 Å². The maximum atomic E-state index is 12.1. The molecular weight excluding hydrogens is 376 g/mol. The van der Waals surface area contributed by atoms with Crippen molar-refractivity contribution in [2.45, 2.75) is 11.3 Å². The average Bonchev–Trinajstić information content (AvgIpc) is 3.10. The van der Waals surface area contributed by atoms with Gasteiger partial charge in [0, 0.05) is 17.1 Å². The molecule has 0 aliphatic heterocycles. The second-order valence-corrected chi connectivity index (χ2v) is 7.02. The lowest BCUT2D eigenvalue weighted by Crippen LogP contribution is -2.30. The normalized spacial score (nSPS) is 10.1. The smallest absolute Gasteiger partial charge is 0.413 e. The van der Waals surface area contributed by atoms with Crippen molar-refractivity contribution in [3.8, 4) is 5.75 Å². The molecule has 3 amide bonds. The molecule has 0 saturated carbocycles. The van der Waals surface area contributed by atoms with Crippen LogP contribution in [0.2, 0.25) is 0 Å². The van der Waals surface area contributed by atoms with Gasteiger partial charge < -0.3 is 14.8 Å². The highest BCUT2D eigenvalue weighted by molar-refractivity contribution is 7.99. The van der Waals surface area contributed by atoms with Crippen molar-refractivity contribution in [3.05, 3.63) is 41.3 Å². The second-order valence-electron chi connectivity index (χ2n) is 4.93. The van der Waals surface area contributed by atoms with E-state index in [1.807, 2.05) is 24.3 Å². The summed E-state index contributed by atoms with van der Waals surface area (Å²) in [6.45, 7) is 0. The third kappa shape index (κ3) is 5.78. The van der Waals surface area contributed by atoms with Gasteiger partial charge >= 0.3 is 6.09 Å². The third-order valence-electron chi connectivity index (χ3n) is 3.22. The SMILES string of the molecule is COC(=O)NC(=O)c1ccsc1NC(=O)CCSc1ccc(OC)cc1. The Hall–Kier alpha value is -2.52. The van der Waals surface area contributed by atoms with E-state index in [0.717, 1.165) is 10.6 Å². The Morgan fingerprint density at radius 2 is 1.85 bits per heavy atom. The molecule has 1 aromatic heterocycles. The summed E-state index contributed by atoms with van der Waals surface area (Å²) in [7, 11) is 2.77. The van der Waals surface area contributed by atoms with Crippen molar-refractivity contribution >= 4 is 46.0 Å². The molecule has 0 radical (unpaired) electrons. The molecule has 0 aliphatic carbocycles. The standard InChI is InChI=1S/C17H18N2O5S2/c1-23-11-3-5-12(6-4-11)25-10-8-14(20)18-16-13(7-9-26-16)15(21)19-17(22)24-2/h3-7,9H,8,10H2,1-2H3,(H,18,20)(H,19,21,22). The van der Waals surface area contributed by atoms with Gasteiger partial charge in [-0.3, -0.25) is 14.9 Å². The van der Waals surface area contributed by atoms with E-state index in [0.29, 0.717) is 10.8 Å². The molecule has 9 heteroatoms. The molecule has 1 aromatic carbocycles. The zero-order chi connectivity index (χ0) is 18.9. The van der Waals surface area contributed by atoms with Crippen LogP contribution in [0.1, 0.15) is 16.8 Å². The molecule has 0 unspecified atom stereocenters. The Morgan fingerprint density at radius 3 is 2.50 bits per heavy atom. The molecule has 7 nitrogen and oxygen atoms in total. The first-order valence-corrected chi connectivity index (χ1v) is 9.43. The van der Waals surface area contributed by atoms with Crippen LogP contribution in [0.3, 0.4) is 0 Å². The number of carbonyl (C=O) groups is 3. The maximum Gasteiger partial charge on any atom is 0.413 e. The highest BCUT2D eigenvalue weighted by Gasteiger charge is 2.17. The molecule has 0 fully saturated rings. The number of ether oxygens (including phenoxy) is 2. The average molecular weight is 394 g/mol. The summed E-state index contributed by atoms with van der Waals surface area (Å²) in [5.74, 6) is 0.539. The number of amides is 3. The van der Waals surface area contributed by atoms with Crippen LogP contribution >= 0.6 is 23.1 Å². The Morgan fingerprint density at radius 1 is 1.12 bits per heavy atom. The topological polar surface area (TPSA) is 93.7 Å². The van der Waals surface area contributed by atoms with Crippen LogP contribution in [0.4, 0.5) is 9.80 Å². The molecule has 0 atom stereocenters. The minimum absolute atomic E-state index is 0.208. The molecule has 26 heavy (non-hydrogen) atoms. The number of anilines is 1. The number of thioether (sulfide) groups is 1. The number of thiophene rings is 1. The molecule has 2 aromatic rings. The van der Waals surface area contributed by atoms with Gasteiger partial charge in [-0.1, -0.05) is 0 Å². The molecule has 0 bridgehead atoms. The van der Waals surface area contributed by atoms with Crippen molar-refractivity contribution < 1.29 is 23.9 Å².